The van der Waals surface area contributed by atoms with Gasteiger partial charge in [0.15, 0.2) is 9.84 Å². The number of aliphatic hydroxyl groups excluding tert-OH is 1. The summed E-state index contributed by atoms with van der Waals surface area (Å²) < 4.78 is 56.0. The smallest absolute Gasteiger partial charge is 0.263 e. The number of benzene rings is 2. The van der Waals surface area contributed by atoms with Gasteiger partial charge in [0.05, 0.1) is 11.5 Å². The molecule has 10 heteroatoms. The van der Waals surface area contributed by atoms with Crippen LogP contribution in [0.1, 0.15) is 48.8 Å². The van der Waals surface area contributed by atoms with E-state index in [1.807, 2.05) is 0 Å². The number of carbonyl (C=O) groups is 1. The Morgan fingerprint density at radius 3 is 2.39 bits per heavy atom. The third-order valence-corrected chi connectivity index (χ3v) is 10.1. The highest BCUT2D eigenvalue weighted by molar-refractivity contribution is 7.91. The van der Waals surface area contributed by atoms with E-state index in [2.05, 4.69) is 10.2 Å². The standard InChI is InChI=1S/C26H30F2N2O5S/c1-36(33,34)26(15-19(31)16-26)18-3-5-20(6-4-18)35-13-12-30-10-8-25(9-11-30)21-14-17(23(27)28)2-7-22(21)29-24(25)32/h2-7,14,19,23,31H,8-13,15-16H2,1H3,(H,29,32). The Hall–Kier alpha value is -2.56. The molecule has 2 heterocycles. The second kappa shape index (κ2) is 9.08. The summed E-state index contributed by atoms with van der Waals surface area (Å²) in [6.07, 6.45) is -0.472. The van der Waals surface area contributed by atoms with Gasteiger partial charge in [-0.1, -0.05) is 18.2 Å². The molecular formula is C26H30F2N2O5S. The highest BCUT2D eigenvalue weighted by atomic mass is 32.2. The first-order chi connectivity index (χ1) is 17.0. The third-order valence-electron chi connectivity index (χ3n) is 8.10. The highest BCUT2D eigenvalue weighted by Crippen LogP contribution is 2.48. The summed E-state index contributed by atoms with van der Waals surface area (Å²) in [5.74, 6) is 0.505. The van der Waals surface area contributed by atoms with Crippen LogP contribution >= 0.6 is 0 Å². The predicted octanol–water partition coefficient (Wildman–Crippen LogP) is 3.38. The van der Waals surface area contributed by atoms with Crippen molar-refractivity contribution in [2.75, 3.05) is 37.8 Å². The number of hydrogen-bond donors (Lipinski definition) is 2. The van der Waals surface area contributed by atoms with Gasteiger partial charge in [-0.2, -0.15) is 0 Å². The van der Waals surface area contributed by atoms with Gasteiger partial charge in [-0.05, 0) is 74.2 Å². The molecule has 0 aromatic heterocycles. The van der Waals surface area contributed by atoms with Crippen LogP contribution in [0, 0.1) is 0 Å². The van der Waals surface area contributed by atoms with E-state index in [0.29, 0.717) is 61.6 Å². The van der Waals surface area contributed by atoms with E-state index in [-0.39, 0.29) is 24.3 Å². The predicted molar refractivity (Wildman–Crippen MR) is 131 cm³/mol. The Labute approximate surface area is 209 Å². The van der Waals surface area contributed by atoms with E-state index in [1.165, 1.54) is 18.4 Å². The fourth-order valence-electron chi connectivity index (χ4n) is 5.82. The minimum atomic E-state index is -3.37. The molecule has 194 valence electrons. The Balaban J connectivity index is 1.16. The van der Waals surface area contributed by atoms with Crippen LogP contribution in [0.4, 0.5) is 14.5 Å². The van der Waals surface area contributed by atoms with Gasteiger partial charge in [-0.3, -0.25) is 9.69 Å². The molecule has 2 N–H and O–H groups in total. The van der Waals surface area contributed by atoms with Gasteiger partial charge >= 0.3 is 0 Å². The maximum Gasteiger partial charge on any atom is 0.263 e. The number of ether oxygens (including phenoxy) is 1. The van der Waals surface area contributed by atoms with Gasteiger partial charge < -0.3 is 15.2 Å². The molecule has 2 fully saturated rings. The lowest BCUT2D eigenvalue weighted by molar-refractivity contribution is -0.122. The number of nitrogens with zero attached hydrogens (tertiary/aromatic N) is 1. The second-order valence-corrected chi connectivity index (χ2v) is 12.5. The summed E-state index contributed by atoms with van der Waals surface area (Å²) in [4.78, 5) is 15.0. The van der Waals surface area contributed by atoms with Gasteiger partial charge in [-0.25, -0.2) is 17.2 Å². The number of amides is 1. The van der Waals surface area contributed by atoms with Crippen LogP contribution in [0.5, 0.6) is 5.75 Å². The summed E-state index contributed by atoms with van der Waals surface area (Å²) in [6, 6.07) is 11.4. The number of sulfone groups is 1. The van der Waals surface area contributed by atoms with E-state index in [9.17, 15) is 27.1 Å². The summed E-state index contributed by atoms with van der Waals surface area (Å²) in [6.45, 7) is 2.35. The van der Waals surface area contributed by atoms with Crippen LogP contribution in [-0.4, -0.2) is 62.9 Å². The maximum atomic E-state index is 13.2. The van der Waals surface area contributed by atoms with Crippen molar-refractivity contribution in [3.05, 3.63) is 59.2 Å². The van der Waals surface area contributed by atoms with Crippen molar-refractivity contribution in [2.24, 2.45) is 0 Å². The van der Waals surface area contributed by atoms with Crippen molar-refractivity contribution < 1.29 is 31.8 Å². The van der Waals surface area contributed by atoms with E-state index in [4.69, 9.17) is 4.74 Å². The lowest BCUT2D eigenvalue weighted by Gasteiger charge is -2.44. The largest absolute Gasteiger partial charge is 0.492 e. The topological polar surface area (TPSA) is 95.9 Å². The van der Waals surface area contributed by atoms with E-state index < -0.39 is 32.5 Å². The molecule has 1 aliphatic carbocycles. The molecule has 7 nitrogen and oxygen atoms in total. The van der Waals surface area contributed by atoms with Gasteiger partial charge in [0, 0.05) is 24.1 Å². The Bertz CT molecular complexity index is 1250. The molecular weight excluding hydrogens is 490 g/mol. The fourth-order valence-corrected chi connectivity index (χ4v) is 7.38. The van der Waals surface area contributed by atoms with Crippen LogP contribution in [-0.2, 0) is 24.8 Å². The van der Waals surface area contributed by atoms with Gasteiger partial charge in [0.2, 0.25) is 5.91 Å². The van der Waals surface area contributed by atoms with Crippen molar-refractivity contribution in [1.82, 2.24) is 4.90 Å². The highest BCUT2D eigenvalue weighted by Gasteiger charge is 2.53. The number of carbonyl (C=O) groups excluding carboxylic acids is 1. The first-order valence-corrected chi connectivity index (χ1v) is 14.0. The zero-order valence-electron chi connectivity index (χ0n) is 20.0. The number of likely N-dealkylation sites (tertiary alicyclic amines) is 1. The van der Waals surface area contributed by atoms with Crippen molar-refractivity contribution >= 4 is 21.4 Å². The van der Waals surface area contributed by atoms with Crippen LogP contribution in [0.3, 0.4) is 0 Å². The zero-order valence-corrected chi connectivity index (χ0v) is 20.9. The summed E-state index contributed by atoms with van der Waals surface area (Å²) in [5.41, 5.74) is 1.13. The maximum absolute atomic E-state index is 13.2. The summed E-state index contributed by atoms with van der Waals surface area (Å²) in [5, 5.41) is 12.6. The lowest BCUT2D eigenvalue weighted by Crippen LogP contribution is -2.50. The Morgan fingerprint density at radius 2 is 1.81 bits per heavy atom. The minimum absolute atomic E-state index is 0.0672. The molecule has 2 aliphatic heterocycles. The fraction of sp³-hybridized carbons (Fsp3) is 0.500. The van der Waals surface area contributed by atoms with Gasteiger partial charge in [0.1, 0.15) is 17.1 Å². The lowest BCUT2D eigenvalue weighted by atomic mass is 9.73. The van der Waals surface area contributed by atoms with Crippen LogP contribution < -0.4 is 10.1 Å². The number of fused-ring (bicyclic) bond motifs is 2. The quantitative estimate of drug-likeness (QED) is 0.581. The van der Waals surface area contributed by atoms with Gasteiger partial charge in [0.25, 0.3) is 6.43 Å². The first-order valence-electron chi connectivity index (χ1n) is 12.1. The molecule has 0 bridgehead atoms. The molecule has 0 unspecified atom stereocenters. The van der Waals surface area contributed by atoms with Crippen LogP contribution in [0.25, 0.3) is 0 Å². The number of rotatable bonds is 7. The van der Waals surface area contributed by atoms with Gasteiger partial charge in [-0.15, -0.1) is 0 Å². The molecule has 2 aromatic carbocycles. The van der Waals surface area contributed by atoms with E-state index in [0.717, 1.165) is 0 Å². The molecule has 1 saturated heterocycles. The number of nitrogens with one attached hydrogen (secondary N) is 1. The molecule has 5 rings (SSSR count). The monoisotopic (exact) mass is 520 g/mol. The van der Waals surface area contributed by atoms with Crippen molar-refractivity contribution in [3.8, 4) is 5.75 Å². The molecule has 36 heavy (non-hydrogen) atoms. The number of piperidine rings is 1. The zero-order chi connectivity index (χ0) is 25.7. The molecule has 1 saturated carbocycles. The van der Waals surface area contributed by atoms with Crippen molar-refractivity contribution in [3.63, 3.8) is 0 Å². The number of aliphatic hydroxyl groups is 1. The Morgan fingerprint density at radius 1 is 1.14 bits per heavy atom. The van der Waals surface area contributed by atoms with Crippen LogP contribution in [0.2, 0.25) is 0 Å². The Kier molecular flexibility index (Phi) is 6.33. The van der Waals surface area contributed by atoms with E-state index >= 15 is 0 Å². The number of anilines is 1. The normalized spacial score (nSPS) is 25.5. The molecule has 3 aliphatic rings. The number of alkyl halides is 2. The molecule has 2 aromatic rings. The number of halogens is 2. The average molecular weight is 521 g/mol. The van der Waals surface area contributed by atoms with E-state index in [1.54, 1.807) is 30.3 Å². The first kappa shape index (κ1) is 25.1. The molecule has 0 radical (unpaired) electrons. The van der Waals surface area contributed by atoms with Crippen molar-refractivity contribution in [2.45, 2.75) is 48.4 Å². The third kappa shape index (κ3) is 4.18. The summed E-state index contributed by atoms with van der Waals surface area (Å²) >= 11 is 0. The van der Waals surface area contributed by atoms with Crippen molar-refractivity contribution in [1.29, 1.82) is 0 Å². The second-order valence-electron chi connectivity index (χ2n) is 10.2. The summed E-state index contributed by atoms with van der Waals surface area (Å²) in [7, 11) is -3.37. The van der Waals surface area contributed by atoms with Crippen LogP contribution in [0.15, 0.2) is 42.5 Å². The SMILES string of the molecule is CS(=O)(=O)C1(c2ccc(OCCN3CCC4(CC3)C(=O)Nc3ccc(C(F)F)cc34)cc2)CC(O)C1. The number of hydrogen-bond acceptors (Lipinski definition) is 6. The molecule has 1 spiro atoms. The minimum Gasteiger partial charge on any atom is -0.492 e. The average Bonchev–Trinajstić information content (AvgIpc) is 3.08. The molecule has 1 amide bonds. The molecule has 0 atom stereocenters.